The van der Waals surface area contributed by atoms with Crippen LogP contribution in [-0.4, -0.2) is 28.0 Å². The molecule has 0 radical (unpaired) electrons. The van der Waals surface area contributed by atoms with Gasteiger partial charge in [0.15, 0.2) is 0 Å². The first-order chi connectivity index (χ1) is 9.11. The average molecular weight is 319 g/mol. The molecule has 0 aliphatic heterocycles. The third kappa shape index (κ3) is 4.65. The molecule has 1 rings (SSSR count). The highest BCUT2D eigenvalue weighted by molar-refractivity contribution is 6.35. The van der Waals surface area contributed by atoms with Crippen LogP contribution in [0.5, 0.6) is 0 Å². The van der Waals surface area contributed by atoms with E-state index in [-0.39, 0.29) is 22.2 Å². The predicted molar refractivity (Wildman–Crippen MR) is 77.2 cm³/mol. The third-order valence-electron chi connectivity index (χ3n) is 2.80. The van der Waals surface area contributed by atoms with Gasteiger partial charge in [0.1, 0.15) is 5.15 Å². The fraction of sp³-hybridized carbons (Fsp3) is 0.462. The number of aliphatic carboxylic acids is 1. The first-order valence-corrected chi connectivity index (χ1v) is 6.70. The van der Waals surface area contributed by atoms with Gasteiger partial charge in [-0.05, 0) is 11.5 Å². The minimum absolute atomic E-state index is 0.144. The third-order valence-corrected chi connectivity index (χ3v) is 3.30. The van der Waals surface area contributed by atoms with Gasteiger partial charge in [-0.3, -0.25) is 9.59 Å². The summed E-state index contributed by atoms with van der Waals surface area (Å²) in [6.45, 7) is 5.55. The largest absolute Gasteiger partial charge is 0.481 e. The molecular formula is C13H16Cl2N2O3. The molecule has 0 spiro atoms. The van der Waals surface area contributed by atoms with E-state index in [1.807, 2.05) is 20.8 Å². The Labute approximate surface area is 127 Å². The second-order valence-corrected chi connectivity index (χ2v) is 6.27. The van der Waals surface area contributed by atoms with Crippen molar-refractivity contribution in [3.05, 3.63) is 28.0 Å². The Bertz CT molecular complexity index is 527. The maximum Gasteiger partial charge on any atom is 0.305 e. The molecule has 0 saturated heterocycles. The van der Waals surface area contributed by atoms with E-state index in [0.717, 1.165) is 0 Å². The predicted octanol–water partition coefficient (Wildman–Crippen LogP) is 3.01. The van der Waals surface area contributed by atoms with Crippen molar-refractivity contribution in [1.82, 2.24) is 10.3 Å². The van der Waals surface area contributed by atoms with Gasteiger partial charge in [-0.2, -0.15) is 0 Å². The molecular weight excluding hydrogens is 303 g/mol. The Morgan fingerprint density at radius 3 is 2.50 bits per heavy atom. The molecule has 20 heavy (non-hydrogen) atoms. The molecule has 110 valence electrons. The summed E-state index contributed by atoms with van der Waals surface area (Å²) in [4.78, 5) is 26.8. The van der Waals surface area contributed by atoms with Crippen molar-refractivity contribution in [3.8, 4) is 0 Å². The zero-order valence-electron chi connectivity index (χ0n) is 11.4. The maximum absolute atomic E-state index is 12.2. The maximum atomic E-state index is 12.2. The van der Waals surface area contributed by atoms with E-state index in [1.165, 1.54) is 12.3 Å². The van der Waals surface area contributed by atoms with Crippen LogP contribution < -0.4 is 5.32 Å². The lowest BCUT2D eigenvalue weighted by Crippen LogP contribution is -2.45. The zero-order chi connectivity index (χ0) is 15.5. The number of carbonyl (C=O) groups is 2. The van der Waals surface area contributed by atoms with Gasteiger partial charge in [-0.1, -0.05) is 44.0 Å². The highest BCUT2D eigenvalue weighted by atomic mass is 35.5. The molecule has 5 nitrogen and oxygen atoms in total. The Kier molecular flexibility index (Phi) is 5.36. The van der Waals surface area contributed by atoms with Crippen molar-refractivity contribution >= 4 is 35.1 Å². The van der Waals surface area contributed by atoms with Crippen LogP contribution in [0.15, 0.2) is 12.3 Å². The number of rotatable bonds is 4. The molecule has 1 amide bonds. The summed E-state index contributed by atoms with van der Waals surface area (Å²) in [5.74, 6) is -1.45. The number of carbonyl (C=O) groups excluding carboxylic acids is 1. The second-order valence-electron chi connectivity index (χ2n) is 5.48. The molecule has 1 atom stereocenters. The van der Waals surface area contributed by atoms with Gasteiger partial charge in [-0.25, -0.2) is 4.98 Å². The monoisotopic (exact) mass is 318 g/mol. The number of hydrogen-bond acceptors (Lipinski definition) is 3. The number of hydrogen-bond donors (Lipinski definition) is 2. The molecule has 0 fully saturated rings. The van der Waals surface area contributed by atoms with E-state index in [4.69, 9.17) is 28.3 Å². The second kappa shape index (κ2) is 6.41. The van der Waals surface area contributed by atoms with Crippen molar-refractivity contribution in [2.75, 3.05) is 0 Å². The summed E-state index contributed by atoms with van der Waals surface area (Å²) in [5, 5.41) is 11.9. The van der Waals surface area contributed by atoms with Gasteiger partial charge in [-0.15, -0.1) is 0 Å². The molecule has 0 bridgehead atoms. The number of aromatic nitrogens is 1. The molecule has 0 saturated carbocycles. The lowest BCUT2D eigenvalue weighted by Gasteiger charge is -2.30. The van der Waals surface area contributed by atoms with Gasteiger partial charge >= 0.3 is 5.97 Å². The van der Waals surface area contributed by atoms with E-state index in [9.17, 15) is 9.59 Å². The van der Waals surface area contributed by atoms with Crippen LogP contribution in [0.2, 0.25) is 10.2 Å². The SMILES string of the molecule is CC(C)(C)C(CC(=O)O)NC(=O)c1cc(Cl)ncc1Cl. The first kappa shape index (κ1) is 16.7. The number of pyridine rings is 1. The topological polar surface area (TPSA) is 79.3 Å². The summed E-state index contributed by atoms with van der Waals surface area (Å²) < 4.78 is 0. The van der Waals surface area contributed by atoms with E-state index in [2.05, 4.69) is 10.3 Å². The van der Waals surface area contributed by atoms with Crippen LogP contribution >= 0.6 is 23.2 Å². The van der Waals surface area contributed by atoms with Crippen molar-refractivity contribution in [2.45, 2.75) is 33.2 Å². The van der Waals surface area contributed by atoms with Crippen LogP contribution in [0.25, 0.3) is 0 Å². The summed E-state index contributed by atoms with van der Waals surface area (Å²) in [6, 6.07) is 0.815. The van der Waals surface area contributed by atoms with E-state index < -0.39 is 23.3 Å². The smallest absolute Gasteiger partial charge is 0.305 e. The fourth-order valence-corrected chi connectivity index (χ4v) is 1.92. The van der Waals surface area contributed by atoms with E-state index in [0.29, 0.717) is 0 Å². The first-order valence-electron chi connectivity index (χ1n) is 5.95. The Morgan fingerprint density at radius 2 is 2.00 bits per heavy atom. The van der Waals surface area contributed by atoms with E-state index in [1.54, 1.807) is 0 Å². The van der Waals surface area contributed by atoms with Crippen molar-refractivity contribution in [3.63, 3.8) is 0 Å². The molecule has 0 aliphatic rings. The Morgan fingerprint density at radius 1 is 1.40 bits per heavy atom. The summed E-state index contributed by atoms with van der Waals surface area (Å²) in [6.07, 6.45) is 1.10. The van der Waals surface area contributed by atoms with Crippen LogP contribution in [0.1, 0.15) is 37.6 Å². The van der Waals surface area contributed by atoms with Gasteiger partial charge in [0.2, 0.25) is 0 Å². The molecule has 0 aliphatic carbocycles. The molecule has 1 unspecified atom stereocenters. The normalized spacial score (nSPS) is 12.8. The standard InChI is InChI=1S/C13H16Cl2N2O3/c1-13(2,3)9(5-11(18)19)17-12(20)7-4-10(15)16-6-8(7)14/h4,6,9H,5H2,1-3H3,(H,17,20)(H,18,19). The van der Waals surface area contributed by atoms with Crippen molar-refractivity contribution in [1.29, 1.82) is 0 Å². The van der Waals surface area contributed by atoms with Gasteiger partial charge in [0.25, 0.3) is 5.91 Å². The Hall–Kier alpha value is -1.33. The molecule has 1 heterocycles. The van der Waals surface area contributed by atoms with Crippen molar-refractivity contribution in [2.24, 2.45) is 5.41 Å². The zero-order valence-corrected chi connectivity index (χ0v) is 12.9. The number of nitrogens with one attached hydrogen (secondary N) is 1. The molecule has 0 aromatic carbocycles. The number of amides is 1. The molecule has 7 heteroatoms. The van der Waals surface area contributed by atoms with Crippen LogP contribution in [-0.2, 0) is 4.79 Å². The summed E-state index contributed by atoms with van der Waals surface area (Å²) in [7, 11) is 0. The number of carboxylic acid groups (broad SMARTS) is 1. The minimum Gasteiger partial charge on any atom is -0.481 e. The molecule has 2 N–H and O–H groups in total. The lowest BCUT2D eigenvalue weighted by molar-refractivity contribution is -0.138. The highest BCUT2D eigenvalue weighted by Gasteiger charge is 2.29. The van der Waals surface area contributed by atoms with Crippen LogP contribution in [0, 0.1) is 5.41 Å². The van der Waals surface area contributed by atoms with E-state index >= 15 is 0 Å². The van der Waals surface area contributed by atoms with Gasteiger partial charge in [0.05, 0.1) is 17.0 Å². The number of carboxylic acids is 1. The Balaban J connectivity index is 2.96. The minimum atomic E-state index is -0.982. The van der Waals surface area contributed by atoms with Gasteiger partial charge < -0.3 is 10.4 Å². The quantitative estimate of drug-likeness (QED) is 0.836. The average Bonchev–Trinajstić information content (AvgIpc) is 2.29. The summed E-state index contributed by atoms with van der Waals surface area (Å²) >= 11 is 11.6. The number of nitrogens with zero attached hydrogens (tertiary/aromatic N) is 1. The highest BCUT2D eigenvalue weighted by Crippen LogP contribution is 2.24. The fourth-order valence-electron chi connectivity index (χ4n) is 1.57. The number of halogens is 2. The molecule has 1 aromatic heterocycles. The van der Waals surface area contributed by atoms with Crippen molar-refractivity contribution < 1.29 is 14.7 Å². The van der Waals surface area contributed by atoms with Crippen LogP contribution in [0.4, 0.5) is 0 Å². The van der Waals surface area contributed by atoms with Crippen LogP contribution in [0.3, 0.4) is 0 Å². The molecule has 1 aromatic rings. The summed E-state index contributed by atoms with van der Waals surface area (Å²) in [5.41, 5.74) is -0.233. The lowest BCUT2D eigenvalue weighted by atomic mass is 9.84. The van der Waals surface area contributed by atoms with Gasteiger partial charge in [0, 0.05) is 12.2 Å².